The number of hydroxylamine groups is 2. The van der Waals surface area contributed by atoms with Gasteiger partial charge in [0, 0.05) is 6.54 Å². The molecule has 0 aliphatic rings. The highest BCUT2D eigenvalue weighted by Crippen LogP contribution is 2.24. The Labute approximate surface area is 77.2 Å². The topological polar surface area (TPSA) is 110 Å². The molecule has 0 aromatic rings. The number of likely N-dealkylation sites (N-methyl/N-ethyl adjacent to an activating group) is 1. The van der Waals surface area contributed by atoms with Crippen LogP contribution < -0.4 is 5.73 Å². The first-order chi connectivity index (χ1) is 5.79. The van der Waals surface area contributed by atoms with E-state index in [2.05, 4.69) is 0 Å². The van der Waals surface area contributed by atoms with Crippen LogP contribution in [0.1, 0.15) is 26.7 Å². The van der Waals surface area contributed by atoms with Crippen LogP contribution in [-0.4, -0.2) is 43.8 Å². The molecule has 0 aromatic carbocycles. The fourth-order valence-electron chi connectivity index (χ4n) is 1.11. The van der Waals surface area contributed by atoms with Gasteiger partial charge in [0.1, 0.15) is 0 Å². The monoisotopic (exact) mass is 194 g/mol. The molecule has 0 fully saturated rings. The molecule has 0 saturated heterocycles. The largest absolute Gasteiger partial charge is 0.368 e. The summed E-state index contributed by atoms with van der Waals surface area (Å²) in [7, 11) is 0. The number of hydrogen-bond acceptors (Lipinski definition) is 6. The van der Waals surface area contributed by atoms with Gasteiger partial charge in [0.25, 0.3) is 5.91 Å². The summed E-state index contributed by atoms with van der Waals surface area (Å²) in [6, 6.07) is 0. The molecule has 0 radical (unpaired) electrons. The van der Waals surface area contributed by atoms with Crippen molar-refractivity contribution in [2.24, 2.45) is 5.73 Å². The Morgan fingerprint density at radius 3 is 1.92 bits per heavy atom. The second-order valence-corrected chi connectivity index (χ2v) is 3.01. The van der Waals surface area contributed by atoms with Gasteiger partial charge in [-0.1, -0.05) is 13.3 Å². The van der Waals surface area contributed by atoms with Crippen molar-refractivity contribution in [2.45, 2.75) is 38.3 Å². The Bertz CT molecular complexity index is 159. The number of nitrogens with zero attached hydrogens (tertiary/aromatic N) is 1. The van der Waals surface area contributed by atoms with Gasteiger partial charge >= 0.3 is 0 Å². The first kappa shape index (κ1) is 12.8. The minimum atomic E-state index is -2.84. The molecule has 0 aromatic heterocycles. The Hall–Kier alpha value is -0.240. The molecule has 1 atom stereocenters. The minimum Gasteiger partial charge on any atom is -0.368 e. The summed E-state index contributed by atoms with van der Waals surface area (Å²) >= 11 is 0. The molecule has 0 spiro atoms. The smallest absolute Gasteiger partial charge is 0.266 e. The van der Waals surface area contributed by atoms with E-state index >= 15 is 0 Å². The second kappa shape index (κ2) is 4.32. The summed E-state index contributed by atoms with van der Waals surface area (Å²) in [5, 5.41) is 37.4. The van der Waals surface area contributed by atoms with E-state index in [0.717, 1.165) is 0 Å². The molecule has 6 heteroatoms. The first-order valence-electron chi connectivity index (χ1n) is 4.22. The standard InChI is InChI=1S/C7H18N2O4/c1-3-5-6(10,7(8,11)12)9(13)4-2/h10-13H,3-5,8H2,1-2H3. The lowest BCUT2D eigenvalue weighted by molar-refractivity contribution is -0.383. The molecule has 0 bridgehead atoms. The van der Waals surface area contributed by atoms with Gasteiger partial charge in [-0.3, -0.25) is 5.73 Å². The molecule has 0 rings (SSSR count). The maximum absolute atomic E-state index is 9.67. The molecule has 0 amide bonds. The molecule has 6 nitrogen and oxygen atoms in total. The highest BCUT2D eigenvalue weighted by atomic mass is 16.6. The van der Waals surface area contributed by atoms with Gasteiger partial charge in [-0.05, 0) is 13.3 Å². The quantitative estimate of drug-likeness (QED) is 0.277. The summed E-state index contributed by atoms with van der Waals surface area (Å²) in [6.07, 6.45) is 0.411. The van der Waals surface area contributed by atoms with E-state index in [4.69, 9.17) is 15.9 Å². The van der Waals surface area contributed by atoms with Gasteiger partial charge in [-0.25, -0.2) is 0 Å². The zero-order valence-electron chi connectivity index (χ0n) is 7.93. The molecule has 80 valence electrons. The third-order valence-corrected chi connectivity index (χ3v) is 1.91. The molecule has 6 N–H and O–H groups in total. The van der Waals surface area contributed by atoms with E-state index in [9.17, 15) is 10.3 Å². The molecule has 0 heterocycles. The van der Waals surface area contributed by atoms with Crippen molar-refractivity contribution < 1.29 is 20.5 Å². The molecule has 0 aliphatic carbocycles. The van der Waals surface area contributed by atoms with Gasteiger partial charge < -0.3 is 20.5 Å². The maximum atomic E-state index is 9.67. The maximum Gasteiger partial charge on any atom is 0.266 e. The SMILES string of the molecule is CCCC(O)(N(O)CC)C(N)(O)O. The number of aliphatic hydroxyl groups is 3. The normalized spacial score (nSPS) is 17.5. The van der Waals surface area contributed by atoms with E-state index < -0.39 is 11.6 Å². The highest BCUT2D eigenvalue weighted by Gasteiger charge is 2.49. The highest BCUT2D eigenvalue weighted by molar-refractivity contribution is 4.84. The van der Waals surface area contributed by atoms with Gasteiger partial charge in [0.15, 0.2) is 0 Å². The Balaban J connectivity index is 4.72. The Morgan fingerprint density at radius 1 is 1.23 bits per heavy atom. The molecule has 0 saturated carbocycles. The van der Waals surface area contributed by atoms with E-state index in [-0.39, 0.29) is 13.0 Å². The number of nitrogens with two attached hydrogens (primary N) is 1. The third-order valence-electron chi connectivity index (χ3n) is 1.91. The van der Waals surface area contributed by atoms with Crippen molar-refractivity contribution >= 4 is 0 Å². The van der Waals surface area contributed by atoms with E-state index in [0.29, 0.717) is 11.5 Å². The number of rotatable bonds is 5. The lowest BCUT2D eigenvalue weighted by Crippen LogP contribution is -2.68. The summed E-state index contributed by atoms with van der Waals surface area (Å²) in [6.45, 7) is 3.31. The summed E-state index contributed by atoms with van der Waals surface area (Å²) < 4.78 is 0. The van der Waals surface area contributed by atoms with Crippen LogP contribution in [-0.2, 0) is 0 Å². The van der Waals surface area contributed by atoms with Crippen molar-refractivity contribution in [3.63, 3.8) is 0 Å². The van der Waals surface area contributed by atoms with Crippen molar-refractivity contribution in [2.75, 3.05) is 6.54 Å². The predicted molar refractivity (Wildman–Crippen MR) is 45.4 cm³/mol. The van der Waals surface area contributed by atoms with Gasteiger partial charge in [0.05, 0.1) is 0 Å². The van der Waals surface area contributed by atoms with Crippen LogP contribution in [0.25, 0.3) is 0 Å². The van der Waals surface area contributed by atoms with Crippen LogP contribution >= 0.6 is 0 Å². The van der Waals surface area contributed by atoms with E-state index in [1.807, 2.05) is 0 Å². The molecular formula is C7H18N2O4. The molecular weight excluding hydrogens is 176 g/mol. The molecule has 13 heavy (non-hydrogen) atoms. The average Bonchev–Trinajstić information content (AvgIpc) is 2.01. The van der Waals surface area contributed by atoms with Crippen LogP contribution in [0.15, 0.2) is 0 Å². The first-order valence-corrected chi connectivity index (χ1v) is 4.22. The van der Waals surface area contributed by atoms with Gasteiger partial charge in [-0.2, -0.15) is 5.06 Å². The predicted octanol–water partition coefficient (Wildman–Crippen LogP) is -1.22. The lowest BCUT2D eigenvalue weighted by Gasteiger charge is -2.41. The third kappa shape index (κ3) is 2.60. The molecule has 1 unspecified atom stereocenters. The fourth-order valence-corrected chi connectivity index (χ4v) is 1.11. The summed E-state index contributed by atoms with van der Waals surface area (Å²) in [5.74, 6) is -2.84. The number of hydrogen-bond donors (Lipinski definition) is 5. The van der Waals surface area contributed by atoms with Crippen molar-refractivity contribution in [1.82, 2.24) is 5.06 Å². The zero-order valence-corrected chi connectivity index (χ0v) is 7.93. The van der Waals surface area contributed by atoms with E-state index in [1.165, 1.54) is 0 Å². The minimum absolute atomic E-state index is 0.0383. The van der Waals surface area contributed by atoms with Crippen LogP contribution in [0.5, 0.6) is 0 Å². The van der Waals surface area contributed by atoms with Crippen molar-refractivity contribution in [1.29, 1.82) is 0 Å². The second-order valence-electron chi connectivity index (χ2n) is 3.01. The lowest BCUT2D eigenvalue weighted by atomic mass is 10.0. The fraction of sp³-hybridized carbons (Fsp3) is 1.00. The summed E-state index contributed by atoms with van der Waals surface area (Å²) in [4.78, 5) is 0. The van der Waals surface area contributed by atoms with Gasteiger partial charge in [0.2, 0.25) is 5.72 Å². The Morgan fingerprint density at radius 2 is 1.69 bits per heavy atom. The van der Waals surface area contributed by atoms with Crippen LogP contribution in [0.3, 0.4) is 0 Å². The van der Waals surface area contributed by atoms with E-state index in [1.54, 1.807) is 13.8 Å². The van der Waals surface area contributed by atoms with Gasteiger partial charge in [-0.15, -0.1) is 0 Å². The molecule has 0 aliphatic heterocycles. The van der Waals surface area contributed by atoms with Crippen molar-refractivity contribution in [3.8, 4) is 0 Å². The van der Waals surface area contributed by atoms with Crippen LogP contribution in [0.2, 0.25) is 0 Å². The summed E-state index contributed by atoms with van der Waals surface area (Å²) in [5.41, 5.74) is 2.71. The van der Waals surface area contributed by atoms with Crippen LogP contribution in [0.4, 0.5) is 0 Å². The van der Waals surface area contributed by atoms with Crippen molar-refractivity contribution in [3.05, 3.63) is 0 Å². The van der Waals surface area contributed by atoms with Crippen LogP contribution in [0, 0.1) is 0 Å². The average molecular weight is 194 g/mol. The Kier molecular flexibility index (Phi) is 4.24. The zero-order chi connectivity index (χ0) is 10.7.